The second-order valence-electron chi connectivity index (χ2n) is 11.1. The highest BCUT2D eigenvalue weighted by molar-refractivity contribution is 7.26. The van der Waals surface area contributed by atoms with Gasteiger partial charge in [-0.15, -0.1) is 11.3 Å². The Morgan fingerprint density at radius 2 is 1.33 bits per heavy atom. The lowest BCUT2D eigenvalue weighted by atomic mass is 9.99. The normalized spacial score (nSPS) is 14.5. The van der Waals surface area contributed by atoms with Gasteiger partial charge >= 0.3 is 0 Å². The maximum atomic E-state index is 5.09. The van der Waals surface area contributed by atoms with E-state index in [-0.39, 0.29) is 0 Å². The van der Waals surface area contributed by atoms with Crippen LogP contribution in [0.1, 0.15) is 5.56 Å². The van der Waals surface area contributed by atoms with E-state index in [1.807, 2.05) is 47.7 Å². The first-order chi connectivity index (χ1) is 22.2. The van der Waals surface area contributed by atoms with Crippen molar-refractivity contribution in [2.75, 3.05) is 11.4 Å². The Hall–Kier alpha value is -5.58. The highest BCUT2D eigenvalue weighted by atomic mass is 32.1. The summed E-state index contributed by atoms with van der Waals surface area (Å²) >= 11 is 1.84. The smallest absolute Gasteiger partial charge is 0.160 e. The molecule has 0 fully saturated rings. The van der Waals surface area contributed by atoms with Gasteiger partial charge in [-0.1, -0.05) is 128 Å². The van der Waals surface area contributed by atoms with E-state index in [9.17, 15) is 0 Å². The first-order valence-electron chi connectivity index (χ1n) is 15.1. The molecule has 3 heterocycles. The van der Waals surface area contributed by atoms with Crippen LogP contribution >= 0.6 is 11.3 Å². The molecule has 1 aliphatic rings. The maximum Gasteiger partial charge on any atom is 0.160 e. The average Bonchev–Trinajstić information content (AvgIpc) is 3.51. The van der Waals surface area contributed by atoms with Crippen LogP contribution in [0.2, 0.25) is 0 Å². The molecule has 3 nitrogen and oxygen atoms in total. The number of fused-ring (bicyclic) bond motifs is 5. The molecule has 0 unspecified atom stereocenters. The summed E-state index contributed by atoms with van der Waals surface area (Å²) in [4.78, 5) is 12.5. The summed E-state index contributed by atoms with van der Waals surface area (Å²) in [5.74, 6) is 0.711. The second-order valence-corrected chi connectivity index (χ2v) is 12.2. The summed E-state index contributed by atoms with van der Waals surface area (Å²) in [7, 11) is 0. The topological polar surface area (TPSA) is 29.0 Å². The SMILES string of the molecule is C=C1/C=C\C=C/CN(c2cccc(-c3cc(-c4ccccc4)nc(-c4ccccc4)n3)c2)c2ccc3c(sc4ccccc43)c21. The maximum absolute atomic E-state index is 5.09. The van der Waals surface area contributed by atoms with Crippen molar-refractivity contribution in [3.8, 4) is 33.9 Å². The number of anilines is 2. The Morgan fingerprint density at radius 3 is 2.16 bits per heavy atom. The van der Waals surface area contributed by atoms with Crippen LogP contribution in [0.5, 0.6) is 0 Å². The minimum absolute atomic E-state index is 0.711. The third-order valence-corrected chi connectivity index (χ3v) is 9.45. The van der Waals surface area contributed by atoms with Crippen LogP contribution in [0.4, 0.5) is 11.4 Å². The quantitative estimate of drug-likeness (QED) is 0.203. The fourth-order valence-corrected chi connectivity index (χ4v) is 7.34. The standard InChI is InChI=1S/C41H29N3S/c1-28-14-5-4-12-25-44(37-24-23-34-33-21-10-11-22-38(33)45-40(34)39(28)37)32-20-13-19-31(26-32)36-27-35(29-15-6-2-7-16-29)42-41(43-36)30-17-8-3-9-18-30/h2-24,26-27H,1,25H2/b12-4-,14-5-. The van der Waals surface area contributed by atoms with Crippen molar-refractivity contribution < 1.29 is 0 Å². The summed E-state index contributed by atoms with van der Waals surface area (Å²) in [6.07, 6.45) is 8.52. The van der Waals surface area contributed by atoms with Crippen molar-refractivity contribution in [1.29, 1.82) is 0 Å². The van der Waals surface area contributed by atoms with Crippen LogP contribution in [0.3, 0.4) is 0 Å². The van der Waals surface area contributed by atoms with E-state index in [0.717, 1.165) is 51.6 Å². The lowest BCUT2D eigenvalue weighted by Crippen LogP contribution is -2.18. The highest BCUT2D eigenvalue weighted by Gasteiger charge is 2.20. The molecule has 0 amide bonds. The fourth-order valence-electron chi connectivity index (χ4n) is 6.06. The Balaban J connectivity index is 1.29. The van der Waals surface area contributed by atoms with E-state index in [1.165, 1.54) is 25.7 Å². The number of allylic oxidation sites excluding steroid dienone is 4. The molecule has 8 rings (SSSR count). The van der Waals surface area contributed by atoms with E-state index < -0.39 is 0 Å². The van der Waals surface area contributed by atoms with E-state index in [1.54, 1.807) is 0 Å². The van der Waals surface area contributed by atoms with Gasteiger partial charge in [-0.05, 0) is 35.9 Å². The lowest BCUT2D eigenvalue weighted by Gasteiger charge is -2.27. The molecule has 4 heteroatoms. The molecular formula is C41H29N3S. The Morgan fingerprint density at radius 1 is 0.622 bits per heavy atom. The molecule has 214 valence electrons. The van der Waals surface area contributed by atoms with Gasteiger partial charge in [-0.25, -0.2) is 9.97 Å². The van der Waals surface area contributed by atoms with Gasteiger partial charge in [0.1, 0.15) is 0 Å². The number of hydrogen-bond acceptors (Lipinski definition) is 4. The van der Waals surface area contributed by atoms with Gasteiger partial charge in [0.05, 0.1) is 17.1 Å². The van der Waals surface area contributed by atoms with Crippen molar-refractivity contribution >= 4 is 48.5 Å². The minimum atomic E-state index is 0.711. The van der Waals surface area contributed by atoms with E-state index in [0.29, 0.717) is 5.82 Å². The lowest BCUT2D eigenvalue weighted by molar-refractivity contribution is 1.10. The molecule has 0 aliphatic carbocycles. The van der Waals surface area contributed by atoms with Gasteiger partial charge in [0.25, 0.3) is 0 Å². The summed E-state index contributed by atoms with van der Waals surface area (Å²) < 4.78 is 2.55. The number of thiophene rings is 1. The zero-order valence-corrected chi connectivity index (χ0v) is 25.4. The molecule has 0 atom stereocenters. The Kier molecular flexibility index (Phi) is 6.90. The molecule has 0 bridgehead atoms. The van der Waals surface area contributed by atoms with Crippen molar-refractivity contribution in [1.82, 2.24) is 9.97 Å². The molecule has 0 saturated heterocycles. The Labute approximate surface area is 266 Å². The number of benzene rings is 5. The van der Waals surface area contributed by atoms with E-state index >= 15 is 0 Å². The second kappa shape index (κ2) is 11.5. The van der Waals surface area contributed by atoms with Crippen LogP contribution in [0, 0.1) is 0 Å². The average molecular weight is 596 g/mol. The van der Waals surface area contributed by atoms with Crippen molar-refractivity contribution in [2.45, 2.75) is 0 Å². The van der Waals surface area contributed by atoms with E-state index in [2.05, 4.69) is 127 Å². The van der Waals surface area contributed by atoms with Crippen LogP contribution < -0.4 is 4.90 Å². The third-order valence-electron chi connectivity index (χ3n) is 8.25. The van der Waals surface area contributed by atoms with Gasteiger partial charge in [0.2, 0.25) is 0 Å². The predicted octanol–water partition coefficient (Wildman–Crippen LogP) is 11.1. The first-order valence-corrected chi connectivity index (χ1v) is 15.9. The van der Waals surface area contributed by atoms with Gasteiger partial charge in [-0.3, -0.25) is 0 Å². The van der Waals surface area contributed by atoms with Crippen LogP contribution in [0.15, 0.2) is 158 Å². The van der Waals surface area contributed by atoms with Gasteiger partial charge < -0.3 is 4.90 Å². The molecule has 0 spiro atoms. The van der Waals surface area contributed by atoms with E-state index in [4.69, 9.17) is 9.97 Å². The van der Waals surface area contributed by atoms with Crippen LogP contribution in [-0.2, 0) is 0 Å². The zero-order valence-electron chi connectivity index (χ0n) is 24.6. The summed E-state index contributed by atoms with van der Waals surface area (Å²) in [6.45, 7) is 5.25. The molecule has 7 aromatic rings. The molecule has 45 heavy (non-hydrogen) atoms. The third kappa shape index (κ3) is 5.05. The highest BCUT2D eigenvalue weighted by Crippen LogP contribution is 2.44. The first kappa shape index (κ1) is 27.0. The van der Waals surface area contributed by atoms with Crippen LogP contribution in [0.25, 0.3) is 59.6 Å². The summed E-state index contributed by atoms with van der Waals surface area (Å²) in [6, 6.07) is 44.5. The fraction of sp³-hybridized carbons (Fsp3) is 0.0244. The molecule has 5 aromatic carbocycles. The van der Waals surface area contributed by atoms with Gasteiger partial charge in [-0.2, -0.15) is 0 Å². The molecule has 1 aliphatic heterocycles. The predicted molar refractivity (Wildman–Crippen MR) is 192 cm³/mol. The molecular weight excluding hydrogens is 567 g/mol. The van der Waals surface area contributed by atoms with Crippen molar-refractivity contribution in [3.63, 3.8) is 0 Å². The summed E-state index contributed by atoms with van der Waals surface area (Å²) in [5.41, 5.74) is 9.29. The Bertz CT molecular complexity index is 2200. The number of rotatable bonds is 4. The molecule has 0 N–H and O–H groups in total. The monoisotopic (exact) mass is 595 g/mol. The number of hydrogen-bond donors (Lipinski definition) is 0. The number of nitrogens with zero attached hydrogens (tertiary/aromatic N) is 3. The molecule has 0 radical (unpaired) electrons. The zero-order chi connectivity index (χ0) is 30.2. The number of aromatic nitrogens is 2. The summed E-state index contributed by atoms with van der Waals surface area (Å²) in [5, 5.41) is 2.56. The molecule has 2 aromatic heterocycles. The largest absolute Gasteiger partial charge is 0.337 e. The minimum Gasteiger partial charge on any atom is -0.337 e. The molecule has 0 saturated carbocycles. The van der Waals surface area contributed by atoms with Gasteiger partial charge in [0.15, 0.2) is 5.82 Å². The van der Waals surface area contributed by atoms with Crippen molar-refractivity contribution in [2.24, 2.45) is 0 Å². The van der Waals surface area contributed by atoms with Crippen molar-refractivity contribution in [3.05, 3.63) is 164 Å². The van der Waals surface area contributed by atoms with Crippen LogP contribution in [-0.4, -0.2) is 16.5 Å². The van der Waals surface area contributed by atoms with Gasteiger partial charge in [0, 0.05) is 54.7 Å².